The lowest BCUT2D eigenvalue weighted by atomic mass is 10.3. The zero-order chi connectivity index (χ0) is 13.8. The molecule has 0 saturated heterocycles. The van der Waals surface area contributed by atoms with Gasteiger partial charge < -0.3 is 5.73 Å². The second kappa shape index (κ2) is 6.40. The first-order chi connectivity index (χ1) is 8.35. The van der Waals surface area contributed by atoms with Crippen molar-refractivity contribution in [2.45, 2.75) is 24.8 Å². The zero-order valence-electron chi connectivity index (χ0n) is 10.3. The quantitative estimate of drug-likeness (QED) is 0.785. The van der Waals surface area contributed by atoms with Gasteiger partial charge in [0.05, 0.1) is 4.90 Å². The normalized spacial score (nSPS) is 13.5. The van der Waals surface area contributed by atoms with Crippen LogP contribution in [0.4, 0.5) is 10.1 Å². The molecule has 1 aromatic carbocycles. The van der Waals surface area contributed by atoms with E-state index in [4.69, 9.17) is 5.73 Å². The van der Waals surface area contributed by atoms with Crippen LogP contribution in [0.1, 0.15) is 13.8 Å². The van der Waals surface area contributed by atoms with Crippen LogP contribution >= 0.6 is 11.8 Å². The van der Waals surface area contributed by atoms with Gasteiger partial charge in [0.15, 0.2) is 0 Å². The van der Waals surface area contributed by atoms with E-state index in [2.05, 4.69) is 4.72 Å². The minimum absolute atomic E-state index is 0.0889. The van der Waals surface area contributed by atoms with Crippen molar-refractivity contribution in [3.8, 4) is 0 Å². The van der Waals surface area contributed by atoms with Gasteiger partial charge in [0.25, 0.3) is 0 Å². The highest BCUT2D eigenvalue weighted by atomic mass is 32.2. The smallest absolute Gasteiger partial charge is 0.241 e. The molecule has 4 nitrogen and oxygen atoms in total. The number of thioether (sulfide) groups is 1. The monoisotopic (exact) mass is 292 g/mol. The molecule has 1 aromatic rings. The molecule has 0 aliphatic rings. The van der Waals surface area contributed by atoms with E-state index in [1.807, 2.05) is 6.92 Å². The van der Waals surface area contributed by atoms with E-state index < -0.39 is 15.8 Å². The number of sulfonamides is 1. The van der Waals surface area contributed by atoms with E-state index in [1.165, 1.54) is 6.07 Å². The first-order valence-electron chi connectivity index (χ1n) is 5.51. The molecule has 0 fully saturated rings. The summed E-state index contributed by atoms with van der Waals surface area (Å²) in [4.78, 5) is -0.145. The molecule has 0 spiro atoms. The van der Waals surface area contributed by atoms with E-state index in [-0.39, 0.29) is 16.6 Å². The number of hydrogen-bond donors (Lipinski definition) is 2. The minimum atomic E-state index is -3.72. The first-order valence-corrected chi connectivity index (χ1v) is 8.15. The number of hydrogen-bond acceptors (Lipinski definition) is 4. The van der Waals surface area contributed by atoms with Crippen molar-refractivity contribution in [2.24, 2.45) is 0 Å². The Bertz CT molecular complexity index is 486. The largest absolute Gasteiger partial charge is 0.399 e. The summed E-state index contributed by atoms with van der Waals surface area (Å²) in [5, 5.41) is 0. The van der Waals surface area contributed by atoms with Crippen molar-refractivity contribution in [3.05, 3.63) is 24.0 Å². The van der Waals surface area contributed by atoms with E-state index >= 15 is 0 Å². The van der Waals surface area contributed by atoms with Crippen molar-refractivity contribution in [2.75, 3.05) is 17.2 Å². The number of nitrogens with one attached hydrogen (secondary N) is 1. The maximum atomic E-state index is 13.1. The lowest BCUT2D eigenvalue weighted by molar-refractivity contribution is 0.568. The molecule has 0 aliphatic heterocycles. The predicted molar refractivity (Wildman–Crippen MR) is 73.6 cm³/mol. The summed E-state index contributed by atoms with van der Waals surface area (Å²) in [7, 11) is -3.72. The molecular formula is C11H17FN2O2S2. The van der Waals surface area contributed by atoms with E-state index in [9.17, 15) is 12.8 Å². The molecule has 1 rings (SSSR count). The summed E-state index contributed by atoms with van der Waals surface area (Å²) >= 11 is 1.63. The molecule has 0 amide bonds. The van der Waals surface area contributed by atoms with Gasteiger partial charge in [-0.05, 0) is 30.9 Å². The SMILES string of the molecule is CCSCC(C)NS(=O)(=O)c1cc(N)cc(F)c1. The molecule has 7 heteroatoms. The van der Waals surface area contributed by atoms with Crippen molar-refractivity contribution in [1.29, 1.82) is 0 Å². The van der Waals surface area contributed by atoms with Crippen LogP contribution in [0.15, 0.2) is 23.1 Å². The van der Waals surface area contributed by atoms with Gasteiger partial charge in [-0.2, -0.15) is 11.8 Å². The summed E-state index contributed by atoms with van der Waals surface area (Å²) in [5.74, 6) is 0.922. The number of rotatable bonds is 6. The molecule has 102 valence electrons. The number of anilines is 1. The third-order valence-corrected chi connectivity index (χ3v) is 4.85. The van der Waals surface area contributed by atoms with Gasteiger partial charge in [0.2, 0.25) is 10.0 Å². The third kappa shape index (κ3) is 4.47. The maximum Gasteiger partial charge on any atom is 0.241 e. The third-order valence-electron chi connectivity index (χ3n) is 2.13. The summed E-state index contributed by atoms with van der Waals surface area (Å²) in [6.45, 7) is 3.77. The summed E-state index contributed by atoms with van der Waals surface area (Å²) in [6, 6.07) is 3.06. The van der Waals surface area contributed by atoms with Gasteiger partial charge in [-0.1, -0.05) is 6.92 Å². The predicted octanol–water partition coefficient (Wildman–Crippen LogP) is 1.83. The number of benzene rings is 1. The van der Waals surface area contributed by atoms with Crippen LogP contribution in [0.5, 0.6) is 0 Å². The Balaban J connectivity index is 2.86. The van der Waals surface area contributed by atoms with Crippen LogP contribution in [0.2, 0.25) is 0 Å². The van der Waals surface area contributed by atoms with Crippen LogP contribution in [0, 0.1) is 5.82 Å². The Labute approximate surface area is 111 Å². The van der Waals surface area contributed by atoms with Crippen molar-refractivity contribution < 1.29 is 12.8 Å². The van der Waals surface area contributed by atoms with Gasteiger partial charge in [-0.15, -0.1) is 0 Å². The molecule has 0 saturated carbocycles. The molecule has 1 unspecified atom stereocenters. The lowest BCUT2D eigenvalue weighted by Gasteiger charge is -2.13. The maximum absolute atomic E-state index is 13.1. The van der Waals surface area contributed by atoms with Crippen molar-refractivity contribution in [3.63, 3.8) is 0 Å². The Morgan fingerprint density at radius 1 is 1.44 bits per heavy atom. The summed E-state index contributed by atoms with van der Waals surface area (Å²) in [5.41, 5.74) is 5.52. The molecule has 18 heavy (non-hydrogen) atoms. The molecule has 1 atom stereocenters. The van der Waals surface area contributed by atoms with Crippen molar-refractivity contribution in [1.82, 2.24) is 4.72 Å². The first kappa shape index (κ1) is 15.3. The Hall–Kier alpha value is -0.790. The number of nitrogen functional groups attached to an aromatic ring is 1. The summed E-state index contributed by atoms with van der Waals surface area (Å²) < 4.78 is 39.5. The fourth-order valence-corrected chi connectivity index (χ4v) is 3.49. The Morgan fingerprint density at radius 2 is 2.11 bits per heavy atom. The Kier molecular flexibility index (Phi) is 5.43. The van der Waals surface area contributed by atoms with Crippen molar-refractivity contribution >= 4 is 27.5 Å². The Morgan fingerprint density at radius 3 is 2.67 bits per heavy atom. The van der Waals surface area contributed by atoms with Gasteiger partial charge in [-0.3, -0.25) is 0 Å². The lowest BCUT2D eigenvalue weighted by Crippen LogP contribution is -2.34. The van der Waals surface area contributed by atoms with Gasteiger partial charge >= 0.3 is 0 Å². The molecule has 0 radical (unpaired) electrons. The van der Waals surface area contributed by atoms with Crippen LogP contribution in [0.25, 0.3) is 0 Å². The minimum Gasteiger partial charge on any atom is -0.399 e. The number of halogens is 1. The average Bonchev–Trinajstić information content (AvgIpc) is 2.24. The fourth-order valence-electron chi connectivity index (χ4n) is 1.40. The van der Waals surface area contributed by atoms with Gasteiger partial charge in [0, 0.05) is 17.5 Å². The molecule has 0 heterocycles. The second-order valence-electron chi connectivity index (χ2n) is 3.90. The fraction of sp³-hybridized carbons (Fsp3) is 0.455. The molecule has 0 bridgehead atoms. The highest BCUT2D eigenvalue weighted by Gasteiger charge is 2.18. The van der Waals surface area contributed by atoms with Crippen LogP contribution in [-0.4, -0.2) is 26.0 Å². The van der Waals surface area contributed by atoms with Crippen LogP contribution in [-0.2, 0) is 10.0 Å². The summed E-state index contributed by atoms with van der Waals surface area (Å²) in [6.07, 6.45) is 0. The van der Waals surface area contributed by atoms with Gasteiger partial charge in [0.1, 0.15) is 5.82 Å². The van der Waals surface area contributed by atoms with E-state index in [1.54, 1.807) is 18.7 Å². The topological polar surface area (TPSA) is 72.2 Å². The van der Waals surface area contributed by atoms with Gasteiger partial charge in [-0.25, -0.2) is 17.5 Å². The average molecular weight is 292 g/mol. The van der Waals surface area contributed by atoms with Crippen LogP contribution in [0.3, 0.4) is 0 Å². The van der Waals surface area contributed by atoms with Crippen LogP contribution < -0.4 is 10.5 Å². The highest BCUT2D eigenvalue weighted by molar-refractivity contribution is 7.99. The van der Waals surface area contributed by atoms with E-state index in [0.717, 1.165) is 17.9 Å². The van der Waals surface area contributed by atoms with E-state index in [0.29, 0.717) is 5.75 Å². The molecule has 0 aliphatic carbocycles. The highest BCUT2D eigenvalue weighted by Crippen LogP contribution is 2.16. The molecule has 0 aromatic heterocycles. The standard InChI is InChI=1S/C11H17FN2O2S2/c1-3-17-7-8(2)14-18(15,16)11-5-9(12)4-10(13)6-11/h4-6,8,14H,3,7,13H2,1-2H3. The zero-order valence-corrected chi connectivity index (χ0v) is 11.9. The number of nitrogens with two attached hydrogens (primary N) is 1. The molecule has 3 N–H and O–H groups in total. The second-order valence-corrected chi connectivity index (χ2v) is 6.93. The molecular weight excluding hydrogens is 275 g/mol.